The lowest BCUT2D eigenvalue weighted by Crippen LogP contribution is -1.92. The summed E-state index contributed by atoms with van der Waals surface area (Å²) >= 11 is 1.65. The molecule has 0 saturated carbocycles. The molecule has 100 valence electrons. The maximum absolute atomic E-state index is 4.81. The smallest absolute Gasteiger partial charge is 0.161 e. The topological polar surface area (TPSA) is 25.8 Å². The highest BCUT2D eigenvalue weighted by Crippen LogP contribution is 2.31. The van der Waals surface area contributed by atoms with E-state index in [1.807, 2.05) is 48.5 Å². The van der Waals surface area contributed by atoms with Gasteiger partial charge in [0.1, 0.15) is 4.83 Å². The maximum atomic E-state index is 4.81. The van der Waals surface area contributed by atoms with Crippen molar-refractivity contribution in [2.24, 2.45) is 0 Å². The third kappa shape index (κ3) is 2.22. The molecule has 0 N–H and O–H groups in total. The van der Waals surface area contributed by atoms with Crippen molar-refractivity contribution >= 4 is 21.6 Å². The fraction of sp³-hybridized carbons (Fsp3) is 0. The molecule has 0 fully saturated rings. The van der Waals surface area contributed by atoms with E-state index >= 15 is 0 Å². The van der Waals surface area contributed by atoms with Crippen molar-refractivity contribution in [3.05, 3.63) is 72.1 Å². The van der Waals surface area contributed by atoms with Gasteiger partial charge in [-0.1, -0.05) is 60.7 Å². The first kappa shape index (κ1) is 12.2. The van der Waals surface area contributed by atoms with Crippen LogP contribution in [0.3, 0.4) is 0 Å². The summed E-state index contributed by atoms with van der Waals surface area (Å²) in [5.41, 5.74) is 3.17. The van der Waals surface area contributed by atoms with Gasteiger partial charge < -0.3 is 0 Å². The highest BCUT2D eigenvalue weighted by molar-refractivity contribution is 7.16. The number of nitrogens with zero attached hydrogens (tertiary/aromatic N) is 2. The summed E-state index contributed by atoms with van der Waals surface area (Å²) in [4.78, 5) is 10.5. The number of hydrogen-bond donors (Lipinski definition) is 0. The van der Waals surface area contributed by atoms with E-state index in [-0.39, 0.29) is 0 Å². The molecule has 0 saturated heterocycles. The summed E-state index contributed by atoms with van der Waals surface area (Å²) in [5, 5.41) is 3.19. The van der Waals surface area contributed by atoms with Crippen LogP contribution in [0.25, 0.3) is 32.9 Å². The minimum Gasteiger partial charge on any atom is -0.227 e. The summed E-state index contributed by atoms with van der Waals surface area (Å²) in [6.07, 6.45) is 0. The molecule has 21 heavy (non-hydrogen) atoms. The minimum absolute atomic E-state index is 0.782. The van der Waals surface area contributed by atoms with Gasteiger partial charge in [0.05, 0.1) is 5.69 Å². The van der Waals surface area contributed by atoms with Crippen LogP contribution < -0.4 is 0 Å². The lowest BCUT2D eigenvalue weighted by Gasteiger charge is -2.06. The van der Waals surface area contributed by atoms with Crippen LogP contribution in [0.15, 0.2) is 72.1 Å². The first-order chi connectivity index (χ1) is 10.4. The molecule has 0 atom stereocenters. The van der Waals surface area contributed by atoms with E-state index in [0.717, 1.165) is 32.9 Å². The second-order valence-corrected chi connectivity index (χ2v) is 5.66. The van der Waals surface area contributed by atoms with Gasteiger partial charge in [-0.3, -0.25) is 0 Å². The summed E-state index contributed by atoms with van der Waals surface area (Å²) < 4.78 is 0. The Kier molecular flexibility index (Phi) is 2.98. The third-order valence-electron chi connectivity index (χ3n) is 3.40. The van der Waals surface area contributed by atoms with E-state index in [1.165, 1.54) is 0 Å². The molecule has 0 aliphatic carbocycles. The van der Waals surface area contributed by atoms with E-state index < -0.39 is 0 Å². The van der Waals surface area contributed by atoms with Crippen molar-refractivity contribution in [2.45, 2.75) is 0 Å². The Hall–Kier alpha value is -2.52. The van der Waals surface area contributed by atoms with Gasteiger partial charge in [-0.2, -0.15) is 0 Å². The van der Waals surface area contributed by atoms with Crippen LogP contribution in [0, 0.1) is 0 Å². The average Bonchev–Trinajstić information content (AvgIpc) is 3.04. The van der Waals surface area contributed by atoms with Crippen LogP contribution >= 0.6 is 11.3 Å². The first-order valence-electron chi connectivity index (χ1n) is 6.78. The molecule has 3 heteroatoms. The molecule has 0 aliphatic heterocycles. The largest absolute Gasteiger partial charge is 0.227 e. The summed E-state index contributed by atoms with van der Waals surface area (Å²) in [6.45, 7) is 0. The third-order valence-corrected chi connectivity index (χ3v) is 4.21. The summed E-state index contributed by atoms with van der Waals surface area (Å²) in [7, 11) is 0. The van der Waals surface area contributed by atoms with E-state index in [0.29, 0.717) is 0 Å². The maximum Gasteiger partial charge on any atom is 0.161 e. The van der Waals surface area contributed by atoms with Gasteiger partial charge in [0.15, 0.2) is 5.82 Å². The highest BCUT2D eigenvalue weighted by Gasteiger charge is 2.11. The first-order valence-corrected chi connectivity index (χ1v) is 7.66. The van der Waals surface area contributed by atoms with Crippen LogP contribution in [0.1, 0.15) is 0 Å². The highest BCUT2D eigenvalue weighted by atomic mass is 32.1. The molecule has 2 nitrogen and oxygen atoms in total. The number of fused-ring (bicyclic) bond motifs is 1. The van der Waals surface area contributed by atoms with Crippen LogP contribution in [0.4, 0.5) is 0 Å². The Morgan fingerprint density at radius 3 is 2.05 bits per heavy atom. The Labute approximate surface area is 126 Å². The van der Waals surface area contributed by atoms with Gasteiger partial charge in [0, 0.05) is 16.5 Å². The van der Waals surface area contributed by atoms with Crippen LogP contribution in [-0.2, 0) is 0 Å². The molecule has 0 aliphatic rings. The zero-order valence-corrected chi connectivity index (χ0v) is 12.0. The molecule has 0 bridgehead atoms. The van der Waals surface area contributed by atoms with E-state index in [4.69, 9.17) is 9.97 Å². The van der Waals surface area contributed by atoms with Crippen molar-refractivity contribution in [2.75, 3.05) is 0 Å². The molecule has 2 aromatic carbocycles. The number of thiophene rings is 1. The van der Waals surface area contributed by atoms with Crippen LogP contribution in [0.2, 0.25) is 0 Å². The van der Waals surface area contributed by atoms with Crippen molar-refractivity contribution in [3.63, 3.8) is 0 Å². The number of benzene rings is 2. The van der Waals surface area contributed by atoms with E-state index in [1.54, 1.807) is 11.3 Å². The standard InChI is InChI=1S/C18H12N2S/c1-3-7-13(8-4-1)16-15-11-12-21-18(15)20-17(19-16)14-9-5-2-6-10-14/h1-12H. The Bertz CT molecular complexity index is 883. The van der Waals surface area contributed by atoms with Crippen molar-refractivity contribution in [3.8, 4) is 22.6 Å². The SMILES string of the molecule is c1ccc(-c2nc(-c3ccccc3)c3ccsc3n2)cc1. The lowest BCUT2D eigenvalue weighted by molar-refractivity contribution is 1.24. The van der Waals surface area contributed by atoms with Gasteiger partial charge in [0.2, 0.25) is 0 Å². The second kappa shape index (κ2) is 5.11. The molecule has 2 aromatic heterocycles. The molecule has 0 radical (unpaired) electrons. The Morgan fingerprint density at radius 1 is 0.667 bits per heavy atom. The quantitative estimate of drug-likeness (QED) is 0.517. The number of aromatic nitrogens is 2. The van der Waals surface area contributed by atoms with E-state index in [2.05, 4.69) is 23.6 Å². The normalized spacial score (nSPS) is 10.9. The second-order valence-electron chi connectivity index (χ2n) is 4.77. The predicted molar refractivity (Wildman–Crippen MR) is 88.3 cm³/mol. The molecule has 4 aromatic rings. The van der Waals surface area contributed by atoms with Gasteiger partial charge in [-0.15, -0.1) is 11.3 Å². The lowest BCUT2D eigenvalue weighted by atomic mass is 10.1. The molecular weight excluding hydrogens is 276 g/mol. The van der Waals surface area contributed by atoms with Gasteiger partial charge in [-0.05, 0) is 11.4 Å². The molecular formula is C18H12N2S. The summed E-state index contributed by atoms with van der Waals surface area (Å²) in [5.74, 6) is 0.782. The van der Waals surface area contributed by atoms with Crippen molar-refractivity contribution < 1.29 is 0 Å². The molecule has 0 amide bonds. The van der Waals surface area contributed by atoms with Crippen molar-refractivity contribution in [1.82, 2.24) is 9.97 Å². The summed E-state index contributed by atoms with van der Waals surface area (Å²) in [6, 6.07) is 22.5. The zero-order chi connectivity index (χ0) is 14.1. The fourth-order valence-corrected chi connectivity index (χ4v) is 3.15. The van der Waals surface area contributed by atoms with Gasteiger partial charge in [-0.25, -0.2) is 9.97 Å². The average molecular weight is 288 g/mol. The Balaban J connectivity index is 2.00. The van der Waals surface area contributed by atoms with Crippen LogP contribution in [-0.4, -0.2) is 9.97 Å². The molecule has 4 rings (SSSR count). The minimum atomic E-state index is 0.782. The number of rotatable bonds is 2. The molecule has 0 spiro atoms. The van der Waals surface area contributed by atoms with E-state index in [9.17, 15) is 0 Å². The van der Waals surface area contributed by atoms with Gasteiger partial charge >= 0.3 is 0 Å². The van der Waals surface area contributed by atoms with Crippen molar-refractivity contribution in [1.29, 1.82) is 0 Å². The monoisotopic (exact) mass is 288 g/mol. The number of hydrogen-bond acceptors (Lipinski definition) is 3. The zero-order valence-electron chi connectivity index (χ0n) is 11.2. The fourth-order valence-electron chi connectivity index (χ4n) is 2.39. The molecule has 2 heterocycles. The predicted octanol–water partition coefficient (Wildman–Crippen LogP) is 5.03. The van der Waals surface area contributed by atoms with Crippen LogP contribution in [0.5, 0.6) is 0 Å². The Morgan fingerprint density at radius 2 is 1.33 bits per heavy atom. The van der Waals surface area contributed by atoms with Gasteiger partial charge in [0.25, 0.3) is 0 Å². The molecule has 0 unspecified atom stereocenters.